The molecule has 9 rings (SSSR count). The highest BCUT2D eigenvalue weighted by molar-refractivity contribution is 8.00. The van der Waals surface area contributed by atoms with E-state index in [-0.39, 0.29) is 5.91 Å². The number of carbonyl (C=O) groups excluding carboxylic acids is 1. The van der Waals surface area contributed by atoms with Crippen LogP contribution in [0.1, 0.15) is 11.7 Å². The molecule has 0 bridgehead atoms. The number of anilines is 4. The maximum atomic E-state index is 13.0. The fourth-order valence-electron chi connectivity index (χ4n) is 6.49. The molecule has 0 spiro atoms. The molecule has 7 aromatic rings. The van der Waals surface area contributed by atoms with Crippen LogP contribution in [0.4, 0.5) is 22.7 Å². The maximum absolute atomic E-state index is 13.0. The molecule has 44 heavy (non-hydrogen) atoms. The average Bonchev–Trinajstić information content (AvgIpc) is 3.39. The van der Waals surface area contributed by atoms with Gasteiger partial charge in [-0.05, 0) is 71.8 Å². The van der Waals surface area contributed by atoms with Crippen LogP contribution in [0.5, 0.6) is 0 Å². The lowest BCUT2D eigenvalue weighted by atomic mass is 9.98. The highest BCUT2D eigenvalue weighted by atomic mass is 32.2. The van der Waals surface area contributed by atoms with E-state index >= 15 is 0 Å². The zero-order valence-electron chi connectivity index (χ0n) is 23.7. The van der Waals surface area contributed by atoms with E-state index < -0.39 is 0 Å². The van der Waals surface area contributed by atoms with Gasteiger partial charge >= 0.3 is 0 Å². The summed E-state index contributed by atoms with van der Waals surface area (Å²) in [5.41, 5.74) is 10.8. The van der Waals surface area contributed by atoms with Crippen molar-refractivity contribution in [2.24, 2.45) is 0 Å². The fraction of sp³-hybridized carbons (Fsp3) is 0.0263. The molecule has 0 saturated carbocycles. The van der Waals surface area contributed by atoms with Gasteiger partial charge in [-0.15, -0.1) is 0 Å². The lowest BCUT2D eigenvalue weighted by molar-refractivity contribution is 0.0946. The van der Waals surface area contributed by atoms with Crippen LogP contribution in [0.25, 0.3) is 44.1 Å². The van der Waals surface area contributed by atoms with E-state index in [4.69, 9.17) is 0 Å². The molecule has 0 amide bonds. The Morgan fingerprint density at radius 3 is 1.48 bits per heavy atom. The number of nitrogens with one attached hydrogen (secondary N) is 2. The van der Waals surface area contributed by atoms with Crippen LogP contribution in [-0.4, -0.2) is 10.5 Å². The largest absolute Gasteiger partial charge is 0.353 e. The predicted molar refractivity (Wildman–Crippen MR) is 184 cm³/mol. The van der Waals surface area contributed by atoms with Crippen LogP contribution in [0, 0.1) is 0 Å². The molecule has 2 N–H and O–H groups in total. The van der Waals surface area contributed by atoms with Gasteiger partial charge in [-0.25, -0.2) is 0 Å². The van der Waals surface area contributed by atoms with E-state index in [0.29, 0.717) is 0 Å². The third-order valence-electron chi connectivity index (χ3n) is 8.49. The van der Waals surface area contributed by atoms with E-state index in [9.17, 15) is 4.79 Å². The van der Waals surface area contributed by atoms with E-state index in [0.717, 1.165) is 66.8 Å². The second kappa shape index (κ2) is 9.81. The SMILES string of the molecule is CC(=O)n1c2ccc(-c3cccc4c3Nc3ccccc3S4)cc2c2cc(-c3cccc4c3Nc3ccccc3S4)ccc21. The van der Waals surface area contributed by atoms with E-state index in [1.54, 1.807) is 30.4 Å². The minimum Gasteiger partial charge on any atom is -0.353 e. The summed E-state index contributed by atoms with van der Waals surface area (Å²) < 4.78 is 1.84. The second-order valence-electron chi connectivity index (χ2n) is 11.1. The van der Waals surface area contributed by atoms with Gasteiger partial charge in [0, 0.05) is 48.4 Å². The minimum atomic E-state index is 0.00373. The number of para-hydroxylation sites is 4. The highest BCUT2D eigenvalue weighted by Gasteiger charge is 2.22. The number of benzene rings is 6. The molecule has 3 heterocycles. The normalized spacial score (nSPS) is 12.9. The topological polar surface area (TPSA) is 46.1 Å². The maximum Gasteiger partial charge on any atom is 0.228 e. The summed E-state index contributed by atoms with van der Waals surface area (Å²) in [6, 6.07) is 42.7. The van der Waals surface area contributed by atoms with Gasteiger partial charge < -0.3 is 10.6 Å². The summed E-state index contributed by atoms with van der Waals surface area (Å²) in [7, 11) is 0. The Balaban J connectivity index is 1.21. The predicted octanol–water partition coefficient (Wildman–Crippen LogP) is 11.2. The van der Waals surface area contributed by atoms with Crippen LogP contribution in [0.3, 0.4) is 0 Å². The third kappa shape index (κ3) is 3.91. The molecule has 0 fully saturated rings. The minimum absolute atomic E-state index is 0.00373. The van der Waals surface area contributed by atoms with Gasteiger partial charge in [-0.3, -0.25) is 9.36 Å². The first kappa shape index (κ1) is 25.6. The number of hydrogen-bond acceptors (Lipinski definition) is 5. The first-order valence-corrected chi connectivity index (χ1v) is 16.2. The first-order chi connectivity index (χ1) is 21.6. The summed E-state index contributed by atoms with van der Waals surface area (Å²) in [5.74, 6) is 0.00373. The number of carbonyl (C=O) groups is 1. The Hall–Kier alpha value is -4.91. The Morgan fingerprint density at radius 1 is 0.545 bits per heavy atom. The van der Waals surface area contributed by atoms with Gasteiger partial charge in [0.2, 0.25) is 5.91 Å². The Kier molecular flexibility index (Phi) is 5.70. The molecule has 2 aliphatic heterocycles. The lowest BCUT2D eigenvalue weighted by Crippen LogP contribution is -2.04. The Labute approximate surface area is 263 Å². The number of aromatic nitrogens is 1. The van der Waals surface area contributed by atoms with Crippen LogP contribution in [0.15, 0.2) is 141 Å². The number of hydrogen-bond donors (Lipinski definition) is 2. The molecule has 6 aromatic carbocycles. The van der Waals surface area contributed by atoms with Gasteiger partial charge in [-0.1, -0.05) is 84.2 Å². The molecular formula is C38H25N3OS2. The highest BCUT2D eigenvalue weighted by Crippen LogP contribution is 2.50. The molecule has 4 nitrogen and oxygen atoms in total. The average molecular weight is 604 g/mol. The molecule has 1 aromatic heterocycles. The summed E-state index contributed by atoms with van der Waals surface area (Å²) in [5, 5.41) is 9.51. The summed E-state index contributed by atoms with van der Waals surface area (Å²) in [6.07, 6.45) is 0. The number of rotatable bonds is 2. The molecular weight excluding hydrogens is 579 g/mol. The molecule has 2 aliphatic rings. The summed E-state index contributed by atoms with van der Waals surface area (Å²) in [4.78, 5) is 17.9. The van der Waals surface area contributed by atoms with Crippen molar-refractivity contribution in [1.29, 1.82) is 0 Å². The summed E-state index contributed by atoms with van der Waals surface area (Å²) in [6.45, 7) is 1.64. The van der Waals surface area contributed by atoms with Crippen molar-refractivity contribution in [2.45, 2.75) is 26.5 Å². The number of nitrogens with zero attached hydrogens (tertiary/aromatic N) is 1. The molecule has 0 saturated heterocycles. The molecule has 0 radical (unpaired) electrons. The van der Waals surface area contributed by atoms with Crippen molar-refractivity contribution < 1.29 is 4.79 Å². The van der Waals surface area contributed by atoms with Gasteiger partial charge in [0.1, 0.15) is 0 Å². The van der Waals surface area contributed by atoms with Gasteiger partial charge in [-0.2, -0.15) is 0 Å². The smallest absolute Gasteiger partial charge is 0.228 e. The summed E-state index contributed by atoms with van der Waals surface area (Å²) >= 11 is 3.59. The molecule has 0 atom stereocenters. The van der Waals surface area contributed by atoms with Crippen LogP contribution in [-0.2, 0) is 0 Å². The third-order valence-corrected chi connectivity index (χ3v) is 10.8. The lowest BCUT2D eigenvalue weighted by Gasteiger charge is -2.23. The quantitative estimate of drug-likeness (QED) is 0.206. The Bertz CT molecular complexity index is 2180. The second-order valence-corrected chi connectivity index (χ2v) is 13.3. The molecule has 0 aliphatic carbocycles. The van der Waals surface area contributed by atoms with E-state index in [2.05, 4.69) is 132 Å². The van der Waals surface area contributed by atoms with Crippen molar-refractivity contribution in [3.63, 3.8) is 0 Å². The first-order valence-electron chi connectivity index (χ1n) is 14.6. The number of fused-ring (bicyclic) bond motifs is 7. The van der Waals surface area contributed by atoms with Crippen molar-refractivity contribution in [1.82, 2.24) is 4.57 Å². The molecule has 0 unspecified atom stereocenters. The zero-order valence-corrected chi connectivity index (χ0v) is 25.4. The molecule has 6 heteroatoms. The zero-order chi connectivity index (χ0) is 29.4. The monoisotopic (exact) mass is 603 g/mol. The standard InChI is InChI=1S/C38H25N3OS2/c1-22(42)41-31-18-16-23(25-8-6-14-35-37(25)39-29-10-2-4-12-33(29)43-35)20-27(31)28-21-24(17-19-32(28)41)26-9-7-15-36-38(26)40-30-11-3-5-13-34(30)44-36/h2-21,39-40H,1H3. The van der Waals surface area contributed by atoms with Gasteiger partial charge in [0.15, 0.2) is 0 Å². The van der Waals surface area contributed by atoms with Gasteiger partial charge in [0.25, 0.3) is 0 Å². The van der Waals surface area contributed by atoms with Crippen LogP contribution >= 0.6 is 23.5 Å². The van der Waals surface area contributed by atoms with Crippen LogP contribution < -0.4 is 10.6 Å². The van der Waals surface area contributed by atoms with Crippen molar-refractivity contribution in [3.8, 4) is 22.3 Å². The van der Waals surface area contributed by atoms with Crippen molar-refractivity contribution >= 4 is 74.0 Å². The fourth-order valence-corrected chi connectivity index (χ4v) is 8.54. The molecule has 210 valence electrons. The Morgan fingerprint density at radius 2 is 1.00 bits per heavy atom. The van der Waals surface area contributed by atoms with E-state index in [1.165, 1.54) is 19.6 Å². The van der Waals surface area contributed by atoms with Crippen molar-refractivity contribution in [2.75, 3.05) is 10.6 Å². The van der Waals surface area contributed by atoms with Crippen LogP contribution in [0.2, 0.25) is 0 Å². The van der Waals surface area contributed by atoms with Crippen molar-refractivity contribution in [3.05, 3.63) is 121 Å². The van der Waals surface area contributed by atoms with Gasteiger partial charge in [0.05, 0.1) is 33.8 Å². The van der Waals surface area contributed by atoms with E-state index in [1.807, 2.05) is 4.57 Å².